The average molecular weight is 452 g/mol. The molecule has 0 saturated carbocycles. The molecule has 1 atom stereocenters. The standard InChI is InChI=1S/C23H24N4O6/c1-15(2)33-22(29)14-19(17-10-6-7-11-20(17)27(31)32)24-23(30)18-12-13-21(28)26(25-18)16-8-4-3-5-9-16/h3-11,15,19H,12-14H2,1-2H3,(H,24,30)/t19-/m0/s1. The molecule has 0 aliphatic carbocycles. The topological polar surface area (TPSA) is 131 Å². The molecule has 1 aliphatic rings. The van der Waals surface area contributed by atoms with E-state index in [-0.39, 0.29) is 48.2 Å². The van der Waals surface area contributed by atoms with Crippen LogP contribution in [0.3, 0.4) is 0 Å². The first-order valence-electron chi connectivity index (χ1n) is 10.5. The first-order chi connectivity index (χ1) is 15.8. The molecule has 0 aromatic heterocycles. The summed E-state index contributed by atoms with van der Waals surface area (Å²) in [6, 6.07) is 13.5. The summed E-state index contributed by atoms with van der Waals surface area (Å²) in [4.78, 5) is 48.7. The fourth-order valence-electron chi connectivity index (χ4n) is 3.39. The highest BCUT2D eigenvalue weighted by atomic mass is 16.6. The highest BCUT2D eigenvalue weighted by Gasteiger charge is 2.30. The number of benzene rings is 2. The molecular weight excluding hydrogens is 428 g/mol. The maximum absolute atomic E-state index is 13.0. The number of ether oxygens (including phenoxy) is 1. The molecule has 1 N–H and O–H groups in total. The van der Waals surface area contributed by atoms with E-state index in [4.69, 9.17) is 4.74 Å². The zero-order valence-corrected chi connectivity index (χ0v) is 18.3. The van der Waals surface area contributed by atoms with Gasteiger partial charge in [0.15, 0.2) is 0 Å². The SMILES string of the molecule is CC(C)OC(=O)C[C@H](NC(=O)C1=NN(c2ccccc2)C(=O)CC1)c1ccccc1[N+](=O)[O-]. The third-order valence-electron chi connectivity index (χ3n) is 4.85. The molecule has 0 fully saturated rings. The van der Waals surface area contributed by atoms with Crippen molar-refractivity contribution in [2.75, 3.05) is 5.01 Å². The zero-order valence-electron chi connectivity index (χ0n) is 18.3. The number of nitro benzene ring substituents is 1. The van der Waals surface area contributed by atoms with Crippen LogP contribution in [0.2, 0.25) is 0 Å². The third-order valence-corrected chi connectivity index (χ3v) is 4.85. The Balaban J connectivity index is 1.89. The Morgan fingerprint density at radius 1 is 1.12 bits per heavy atom. The summed E-state index contributed by atoms with van der Waals surface area (Å²) < 4.78 is 5.18. The molecule has 10 heteroatoms. The van der Waals surface area contributed by atoms with E-state index in [2.05, 4.69) is 10.4 Å². The molecule has 0 saturated heterocycles. The third kappa shape index (κ3) is 6.00. The van der Waals surface area contributed by atoms with E-state index >= 15 is 0 Å². The second-order valence-corrected chi connectivity index (χ2v) is 7.67. The number of carbonyl (C=O) groups is 3. The Morgan fingerprint density at radius 2 is 1.79 bits per heavy atom. The van der Waals surface area contributed by atoms with Gasteiger partial charge >= 0.3 is 5.97 Å². The van der Waals surface area contributed by atoms with Gasteiger partial charge in [0.05, 0.1) is 34.7 Å². The van der Waals surface area contributed by atoms with Crippen LogP contribution in [0, 0.1) is 10.1 Å². The monoisotopic (exact) mass is 452 g/mol. The molecule has 0 bridgehead atoms. The van der Waals surface area contributed by atoms with Crippen molar-refractivity contribution in [3.8, 4) is 0 Å². The van der Waals surface area contributed by atoms with Gasteiger partial charge in [0.25, 0.3) is 11.6 Å². The number of esters is 1. The zero-order chi connectivity index (χ0) is 24.0. The van der Waals surface area contributed by atoms with E-state index in [9.17, 15) is 24.5 Å². The largest absolute Gasteiger partial charge is 0.463 e. The van der Waals surface area contributed by atoms with Crippen LogP contribution in [0.15, 0.2) is 59.7 Å². The lowest BCUT2D eigenvalue weighted by Gasteiger charge is -2.24. The van der Waals surface area contributed by atoms with Gasteiger partial charge in [-0.05, 0) is 26.0 Å². The lowest BCUT2D eigenvalue weighted by molar-refractivity contribution is -0.385. The smallest absolute Gasteiger partial charge is 0.308 e. The van der Waals surface area contributed by atoms with Gasteiger partial charge in [-0.3, -0.25) is 24.5 Å². The molecule has 2 aromatic rings. The lowest BCUT2D eigenvalue weighted by Crippen LogP contribution is -2.41. The number of nitrogens with zero attached hydrogens (tertiary/aromatic N) is 3. The van der Waals surface area contributed by atoms with Crippen LogP contribution in [0.1, 0.15) is 44.7 Å². The highest BCUT2D eigenvalue weighted by Crippen LogP contribution is 2.28. The van der Waals surface area contributed by atoms with Gasteiger partial charge in [0.1, 0.15) is 5.71 Å². The van der Waals surface area contributed by atoms with Crippen molar-refractivity contribution < 1.29 is 24.0 Å². The second-order valence-electron chi connectivity index (χ2n) is 7.67. The van der Waals surface area contributed by atoms with Gasteiger partial charge in [-0.25, -0.2) is 5.01 Å². The van der Waals surface area contributed by atoms with Crippen LogP contribution in [-0.2, 0) is 19.1 Å². The molecule has 172 valence electrons. The van der Waals surface area contributed by atoms with Crippen LogP contribution in [0.4, 0.5) is 11.4 Å². The summed E-state index contributed by atoms with van der Waals surface area (Å²) in [6.07, 6.45) is -0.503. The van der Waals surface area contributed by atoms with Crippen molar-refractivity contribution in [1.29, 1.82) is 0 Å². The van der Waals surface area contributed by atoms with Crippen molar-refractivity contribution in [2.24, 2.45) is 5.10 Å². The van der Waals surface area contributed by atoms with Gasteiger partial charge in [0, 0.05) is 18.9 Å². The summed E-state index contributed by atoms with van der Waals surface area (Å²) >= 11 is 0. The molecule has 1 aliphatic heterocycles. The first kappa shape index (κ1) is 23.6. The van der Waals surface area contributed by atoms with Gasteiger partial charge in [-0.15, -0.1) is 0 Å². The summed E-state index contributed by atoms with van der Waals surface area (Å²) in [6.45, 7) is 3.37. The molecule has 33 heavy (non-hydrogen) atoms. The number of rotatable bonds is 8. The molecule has 2 amide bonds. The van der Waals surface area contributed by atoms with Crippen molar-refractivity contribution >= 4 is 34.9 Å². The van der Waals surface area contributed by atoms with E-state index in [0.29, 0.717) is 5.69 Å². The number of carbonyl (C=O) groups excluding carboxylic acids is 3. The number of nitrogens with one attached hydrogen (secondary N) is 1. The Kier molecular flexibility index (Phi) is 7.50. The molecular formula is C23H24N4O6. The van der Waals surface area contributed by atoms with Crippen LogP contribution in [0.25, 0.3) is 0 Å². The second kappa shape index (κ2) is 10.5. The number of hydrogen-bond donors (Lipinski definition) is 1. The number of amides is 2. The number of para-hydroxylation sites is 2. The minimum absolute atomic E-state index is 0.0761. The van der Waals surface area contributed by atoms with Gasteiger partial charge in [-0.2, -0.15) is 5.10 Å². The lowest BCUT2D eigenvalue weighted by atomic mass is 10.0. The normalized spacial score (nSPS) is 14.5. The van der Waals surface area contributed by atoms with Crippen molar-refractivity contribution in [3.05, 3.63) is 70.3 Å². The van der Waals surface area contributed by atoms with E-state index in [1.165, 1.54) is 18.2 Å². The van der Waals surface area contributed by atoms with Crippen molar-refractivity contribution in [1.82, 2.24) is 5.32 Å². The summed E-state index contributed by atoms with van der Waals surface area (Å²) in [5, 5.41) is 19.6. The molecule has 0 unspecified atom stereocenters. The van der Waals surface area contributed by atoms with E-state index in [1.54, 1.807) is 50.2 Å². The van der Waals surface area contributed by atoms with E-state index in [1.807, 2.05) is 0 Å². The van der Waals surface area contributed by atoms with Crippen LogP contribution >= 0.6 is 0 Å². The van der Waals surface area contributed by atoms with Gasteiger partial charge in [0.2, 0.25) is 5.91 Å². The predicted molar refractivity (Wildman–Crippen MR) is 120 cm³/mol. The molecule has 10 nitrogen and oxygen atoms in total. The molecule has 3 rings (SSSR count). The average Bonchev–Trinajstić information content (AvgIpc) is 2.79. The number of anilines is 1. The van der Waals surface area contributed by atoms with E-state index < -0.39 is 22.8 Å². The fraction of sp³-hybridized carbons (Fsp3) is 0.304. The Morgan fingerprint density at radius 3 is 2.45 bits per heavy atom. The first-order valence-corrected chi connectivity index (χ1v) is 10.5. The number of hydrogen-bond acceptors (Lipinski definition) is 7. The summed E-state index contributed by atoms with van der Waals surface area (Å²) in [5.41, 5.74) is 0.540. The Labute approximate surface area is 190 Å². The van der Waals surface area contributed by atoms with Crippen LogP contribution < -0.4 is 10.3 Å². The van der Waals surface area contributed by atoms with Crippen LogP contribution in [-0.4, -0.2) is 34.5 Å². The Hall–Kier alpha value is -4.08. The van der Waals surface area contributed by atoms with Crippen molar-refractivity contribution in [2.45, 2.75) is 45.3 Å². The highest BCUT2D eigenvalue weighted by molar-refractivity contribution is 6.40. The number of nitro groups is 1. The van der Waals surface area contributed by atoms with Crippen molar-refractivity contribution in [3.63, 3.8) is 0 Å². The maximum Gasteiger partial charge on any atom is 0.308 e. The summed E-state index contributed by atoms with van der Waals surface area (Å²) in [7, 11) is 0. The summed E-state index contributed by atoms with van der Waals surface area (Å²) in [5.74, 6) is -1.49. The fourth-order valence-corrected chi connectivity index (χ4v) is 3.39. The van der Waals surface area contributed by atoms with E-state index in [0.717, 1.165) is 5.01 Å². The molecule has 0 spiro atoms. The molecule has 2 aromatic carbocycles. The molecule has 0 radical (unpaired) electrons. The van der Waals surface area contributed by atoms with Gasteiger partial charge < -0.3 is 10.1 Å². The molecule has 1 heterocycles. The quantitative estimate of drug-likeness (QED) is 0.371. The predicted octanol–water partition coefficient (Wildman–Crippen LogP) is 3.28. The number of hydrazone groups is 1. The van der Waals surface area contributed by atoms with Gasteiger partial charge in [-0.1, -0.05) is 36.4 Å². The minimum Gasteiger partial charge on any atom is -0.463 e. The Bertz CT molecular complexity index is 1080. The minimum atomic E-state index is -1.02. The van der Waals surface area contributed by atoms with Crippen LogP contribution in [0.5, 0.6) is 0 Å². The maximum atomic E-state index is 13.0.